The van der Waals surface area contributed by atoms with E-state index in [0.29, 0.717) is 37.1 Å². The van der Waals surface area contributed by atoms with Crippen molar-refractivity contribution in [1.82, 2.24) is 9.29 Å². The van der Waals surface area contributed by atoms with Gasteiger partial charge in [-0.25, -0.2) is 13.4 Å². The third kappa shape index (κ3) is 3.31. The normalized spacial score (nSPS) is 19.4. The molecule has 0 aliphatic carbocycles. The summed E-state index contributed by atoms with van der Waals surface area (Å²) in [6.07, 6.45) is 1.34. The molecule has 1 saturated heterocycles. The minimum atomic E-state index is -3.65. The Bertz CT molecular complexity index is 619. The number of nitrogens with one attached hydrogen (secondary N) is 1. The fraction of sp³-hybridized carbons (Fsp3) is 0.615. The average Bonchev–Trinajstić information content (AvgIpc) is 2.40. The summed E-state index contributed by atoms with van der Waals surface area (Å²) in [6, 6.07) is 1.44. The molecule has 8 heteroatoms. The van der Waals surface area contributed by atoms with E-state index in [1.807, 2.05) is 20.8 Å². The number of anilines is 1. The summed E-state index contributed by atoms with van der Waals surface area (Å²) in [5.74, 6) is 0.486. The molecule has 1 aliphatic heterocycles. The summed E-state index contributed by atoms with van der Waals surface area (Å²) in [7, 11) is -3.65. The van der Waals surface area contributed by atoms with Gasteiger partial charge in [-0.1, -0.05) is 11.6 Å². The number of nitrogens with zero attached hydrogens (tertiary/aromatic N) is 2. The number of morpholine rings is 1. The van der Waals surface area contributed by atoms with Gasteiger partial charge in [-0.15, -0.1) is 0 Å². The van der Waals surface area contributed by atoms with E-state index in [9.17, 15) is 8.42 Å². The molecule has 0 radical (unpaired) electrons. The molecule has 0 amide bonds. The van der Waals surface area contributed by atoms with Crippen molar-refractivity contribution in [1.29, 1.82) is 0 Å². The van der Waals surface area contributed by atoms with E-state index in [-0.39, 0.29) is 4.90 Å². The Labute approximate surface area is 130 Å². The maximum Gasteiger partial charge on any atom is 0.245 e. The van der Waals surface area contributed by atoms with Gasteiger partial charge in [0.05, 0.1) is 23.8 Å². The molecule has 1 aliphatic rings. The Morgan fingerprint density at radius 3 is 2.81 bits per heavy atom. The molecule has 1 fully saturated rings. The van der Waals surface area contributed by atoms with Crippen LogP contribution in [0.15, 0.2) is 17.2 Å². The predicted molar refractivity (Wildman–Crippen MR) is 82.2 cm³/mol. The molecule has 0 bridgehead atoms. The lowest BCUT2D eigenvalue weighted by Crippen LogP contribution is -2.55. The number of ether oxygens (including phenoxy) is 1. The van der Waals surface area contributed by atoms with Crippen LogP contribution in [0.2, 0.25) is 5.02 Å². The fourth-order valence-electron chi connectivity index (χ4n) is 2.28. The smallest absolute Gasteiger partial charge is 0.245 e. The lowest BCUT2D eigenvalue weighted by molar-refractivity contribution is -0.00771. The van der Waals surface area contributed by atoms with Gasteiger partial charge in [0.25, 0.3) is 0 Å². The SMILES string of the molecule is CCNc1ncc(S(=O)(=O)N2CCOCC2(C)C)cc1Cl. The number of aromatic nitrogens is 1. The Hall–Kier alpha value is -0.890. The van der Waals surface area contributed by atoms with Crippen molar-refractivity contribution in [3.05, 3.63) is 17.3 Å². The van der Waals surface area contributed by atoms with E-state index in [1.165, 1.54) is 16.6 Å². The average molecular weight is 334 g/mol. The summed E-state index contributed by atoms with van der Waals surface area (Å²) in [6.45, 7) is 7.33. The van der Waals surface area contributed by atoms with Gasteiger partial charge in [0.2, 0.25) is 10.0 Å². The number of sulfonamides is 1. The minimum Gasteiger partial charge on any atom is -0.378 e. The molecule has 1 aromatic heterocycles. The topological polar surface area (TPSA) is 71.5 Å². The number of rotatable bonds is 4. The van der Waals surface area contributed by atoms with E-state index < -0.39 is 15.6 Å². The van der Waals surface area contributed by atoms with Crippen LogP contribution in [0.5, 0.6) is 0 Å². The van der Waals surface area contributed by atoms with Gasteiger partial charge < -0.3 is 10.1 Å². The van der Waals surface area contributed by atoms with Gasteiger partial charge in [0.15, 0.2) is 0 Å². The quantitative estimate of drug-likeness (QED) is 0.912. The monoisotopic (exact) mass is 333 g/mol. The van der Waals surface area contributed by atoms with Crippen molar-refractivity contribution in [2.75, 3.05) is 31.6 Å². The Kier molecular flexibility index (Phi) is 4.77. The van der Waals surface area contributed by atoms with Crippen molar-refractivity contribution < 1.29 is 13.2 Å². The molecule has 118 valence electrons. The minimum absolute atomic E-state index is 0.101. The zero-order valence-electron chi connectivity index (χ0n) is 12.4. The van der Waals surface area contributed by atoms with Gasteiger partial charge in [0, 0.05) is 19.3 Å². The van der Waals surface area contributed by atoms with Crippen LogP contribution >= 0.6 is 11.6 Å². The first kappa shape index (κ1) is 16.5. The molecular weight excluding hydrogens is 314 g/mol. The summed E-state index contributed by atoms with van der Waals surface area (Å²) in [5.41, 5.74) is -0.593. The molecule has 0 saturated carbocycles. The maximum atomic E-state index is 12.8. The first-order valence-electron chi connectivity index (χ1n) is 6.79. The Balaban J connectivity index is 2.37. The largest absolute Gasteiger partial charge is 0.378 e. The zero-order valence-corrected chi connectivity index (χ0v) is 14.0. The second-order valence-electron chi connectivity index (χ2n) is 5.47. The van der Waals surface area contributed by atoms with Gasteiger partial charge in [-0.2, -0.15) is 4.31 Å². The third-order valence-corrected chi connectivity index (χ3v) is 5.68. The van der Waals surface area contributed by atoms with E-state index in [2.05, 4.69) is 10.3 Å². The molecule has 1 aromatic rings. The third-order valence-electron chi connectivity index (χ3n) is 3.32. The summed E-state index contributed by atoms with van der Waals surface area (Å²) in [4.78, 5) is 4.20. The van der Waals surface area contributed by atoms with Crippen LogP contribution in [-0.2, 0) is 14.8 Å². The van der Waals surface area contributed by atoms with Crippen LogP contribution in [0.3, 0.4) is 0 Å². The van der Waals surface area contributed by atoms with Gasteiger partial charge in [0.1, 0.15) is 10.7 Å². The van der Waals surface area contributed by atoms with Crippen LogP contribution in [-0.4, -0.2) is 49.5 Å². The van der Waals surface area contributed by atoms with Crippen LogP contribution in [0.25, 0.3) is 0 Å². The number of hydrogen-bond acceptors (Lipinski definition) is 5. The number of halogens is 1. The molecule has 1 N–H and O–H groups in total. The molecular formula is C13H20ClN3O3S. The zero-order chi connectivity index (χ0) is 15.7. The number of pyridine rings is 1. The van der Waals surface area contributed by atoms with E-state index >= 15 is 0 Å². The summed E-state index contributed by atoms with van der Waals surface area (Å²) >= 11 is 6.09. The molecule has 0 spiro atoms. The number of hydrogen-bond donors (Lipinski definition) is 1. The van der Waals surface area contributed by atoms with E-state index in [0.717, 1.165) is 0 Å². The van der Waals surface area contributed by atoms with Gasteiger partial charge in [-0.3, -0.25) is 0 Å². The summed E-state index contributed by atoms with van der Waals surface area (Å²) in [5, 5.41) is 3.27. The van der Waals surface area contributed by atoms with Crippen LogP contribution in [0, 0.1) is 0 Å². The molecule has 0 unspecified atom stereocenters. The highest BCUT2D eigenvalue weighted by Crippen LogP contribution is 2.29. The van der Waals surface area contributed by atoms with Gasteiger partial charge in [-0.05, 0) is 26.8 Å². The second-order valence-corrected chi connectivity index (χ2v) is 7.74. The fourth-order valence-corrected chi connectivity index (χ4v) is 4.30. The van der Waals surface area contributed by atoms with Gasteiger partial charge >= 0.3 is 0 Å². The Morgan fingerprint density at radius 2 is 2.24 bits per heavy atom. The second kappa shape index (κ2) is 6.08. The van der Waals surface area contributed by atoms with Crippen molar-refractivity contribution in [3.8, 4) is 0 Å². The molecule has 2 heterocycles. The van der Waals surface area contributed by atoms with Crippen molar-refractivity contribution in [2.24, 2.45) is 0 Å². The van der Waals surface area contributed by atoms with Crippen molar-refractivity contribution >= 4 is 27.4 Å². The molecule has 0 aromatic carbocycles. The predicted octanol–water partition coefficient (Wildman–Crippen LogP) is 1.97. The van der Waals surface area contributed by atoms with Crippen molar-refractivity contribution in [3.63, 3.8) is 0 Å². The molecule has 2 rings (SSSR count). The lowest BCUT2D eigenvalue weighted by atomic mass is 10.1. The first-order valence-corrected chi connectivity index (χ1v) is 8.61. The molecule has 0 atom stereocenters. The van der Waals surface area contributed by atoms with Crippen molar-refractivity contribution in [2.45, 2.75) is 31.2 Å². The maximum absolute atomic E-state index is 12.8. The highest BCUT2D eigenvalue weighted by molar-refractivity contribution is 7.89. The van der Waals surface area contributed by atoms with Crippen LogP contribution in [0.4, 0.5) is 5.82 Å². The van der Waals surface area contributed by atoms with E-state index in [1.54, 1.807) is 0 Å². The molecule has 21 heavy (non-hydrogen) atoms. The van der Waals surface area contributed by atoms with Crippen LogP contribution in [0.1, 0.15) is 20.8 Å². The van der Waals surface area contributed by atoms with Crippen LogP contribution < -0.4 is 5.32 Å². The van der Waals surface area contributed by atoms with E-state index in [4.69, 9.17) is 16.3 Å². The lowest BCUT2D eigenvalue weighted by Gasteiger charge is -2.40. The highest BCUT2D eigenvalue weighted by Gasteiger charge is 2.40. The highest BCUT2D eigenvalue weighted by atomic mass is 35.5. The summed E-state index contributed by atoms with van der Waals surface area (Å²) < 4.78 is 32.4. The first-order chi connectivity index (χ1) is 9.79. The Morgan fingerprint density at radius 1 is 1.52 bits per heavy atom. The standard InChI is InChI=1S/C13H20ClN3O3S/c1-4-15-12-11(14)7-10(8-16-12)21(18,19)17-5-6-20-9-13(17,2)3/h7-8H,4-6,9H2,1-3H3,(H,15,16). The molecule has 6 nitrogen and oxygen atoms in total.